The van der Waals surface area contributed by atoms with E-state index in [4.69, 9.17) is 27.3 Å². The number of hydrogen-bond acceptors (Lipinski definition) is 8. The Morgan fingerprint density at radius 2 is 1.71 bits per heavy atom. The van der Waals surface area contributed by atoms with Crippen LogP contribution in [0, 0.1) is 23.7 Å². The molecule has 344 valence electrons. The second-order valence-corrected chi connectivity index (χ2v) is 18.4. The lowest BCUT2D eigenvalue weighted by atomic mass is 9.93. The van der Waals surface area contributed by atoms with Crippen LogP contribution in [0.5, 0.6) is 0 Å². The average Bonchev–Trinajstić information content (AvgIpc) is 3.67. The van der Waals surface area contributed by atoms with Crippen molar-refractivity contribution in [2.24, 2.45) is 23.7 Å². The van der Waals surface area contributed by atoms with E-state index in [2.05, 4.69) is 57.0 Å². The van der Waals surface area contributed by atoms with Gasteiger partial charge >= 0.3 is 6.09 Å². The molecule has 66 heavy (non-hydrogen) atoms. The van der Waals surface area contributed by atoms with Gasteiger partial charge in [0.15, 0.2) is 0 Å². The quantitative estimate of drug-likeness (QED) is 0.101. The van der Waals surface area contributed by atoms with Crippen molar-refractivity contribution in [2.75, 3.05) is 33.9 Å². The summed E-state index contributed by atoms with van der Waals surface area (Å²) in [6.45, 7) is 7.59. The van der Waals surface area contributed by atoms with Gasteiger partial charge in [-0.1, -0.05) is 93.9 Å². The summed E-state index contributed by atoms with van der Waals surface area (Å²) in [7, 11) is 9.09. The van der Waals surface area contributed by atoms with Gasteiger partial charge in [-0.2, -0.15) is 0 Å². The number of carbonyl (C=O) groups is 4. The fourth-order valence-electron chi connectivity index (χ4n) is 9.47. The number of aromatic nitrogens is 4. The number of imidazole rings is 2. The first-order chi connectivity index (χ1) is 32.0. The third kappa shape index (κ3) is 10.3. The number of likely N-dealkylation sites (tertiary alicyclic amines) is 1. The van der Waals surface area contributed by atoms with Crippen molar-refractivity contribution >= 4 is 78.0 Å². The number of methoxy groups -OCH3 is 2. The SMILES string of the molecule is [B]C/C=c1\c(=C/CC2C=c3ccc4[nH]c(CN(C[C@H](C)COC)C(=O)[C@H](NC(=O)C5CC5)c5ccccc5)nc4c3=CC2)ccc2[nH]c([C@@H]3CCCN3C(=O)[C@@H](NC(=O)OC)C(C)C)nc12. The highest BCUT2D eigenvalue weighted by atomic mass is 16.5. The van der Waals surface area contributed by atoms with E-state index in [1.807, 2.05) is 68.1 Å². The van der Waals surface area contributed by atoms with Gasteiger partial charge in [0.05, 0.1) is 56.2 Å². The van der Waals surface area contributed by atoms with Crippen LogP contribution < -0.4 is 31.5 Å². The predicted octanol–water partition coefficient (Wildman–Crippen LogP) is 4.18. The molecule has 1 unspecified atom stereocenters. The van der Waals surface area contributed by atoms with Crippen molar-refractivity contribution in [2.45, 2.75) is 90.3 Å². The molecule has 4 N–H and O–H groups in total. The maximum atomic E-state index is 14.5. The number of nitrogens with one attached hydrogen (secondary N) is 4. The van der Waals surface area contributed by atoms with Crippen molar-refractivity contribution in [3.63, 3.8) is 0 Å². The van der Waals surface area contributed by atoms with Crippen LogP contribution >= 0.6 is 0 Å². The Morgan fingerprint density at radius 1 is 0.939 bits per heavy atom. The lowest BCUT2D eigenvalue weighted by Crippen LogP contribution is -2.51. The second-order valence-electron chi connectivity index (χ2n) is 18.4. The number of benzene rings is 3. The maximum Gasteiger partial charge on any atom is 0.407 e. The second kappa shape index (κ2) is 20.5. The fraction of sp³-hybridized carbons (Fsp3) is 0.451. The van der Waals surface area contributed by atoms with Gasteiger partial charge in [-0.15, -0.1) is 0 Å². The van der Waals surface area contributed by atoms with Gasteiger partial charge in [-0.3, -0.25) is 14.4 Å². The van der Waals surface area contributed by atoms with Gasteiger partial charge in [0.1, 0.15) is 23.7 Å². The highest BCUT2D eigenvalue weighted by molar-refractivity contribution is 6.12. The molecule has 3 aromatic carbocycles. The number of hydrogen-bond donors (Lipinski definition) is 4. The number of aromatic amines is 2. The number of alkyl carbamates (subject to hydrolysis) is 1. The Morgan fingerprint density at radius 3 is 2.44 bits per heavy atom. The predicted molar refractivity (Wildman–Crippen MR) is 256 cm³/mol. The zero-order valence-electron chi connectivity index (χ0n) is 38.6. The van der Waals surface area contributed by atoms with Crippen molar-refractivity contribution in [3.8, 4) is 0 Å². The molecule has 14 nitrogen and oxygen atoms in total. The number of nitrogens with zero attached hydrogens (tertiary/aromatic N) is 4. The van der Waals surface area contributed by atoms with E-state index in [1.165, 1.54) is 7.11 Å². The molecule has 1 aliphatic heterocycles. The third-order valence-corrected chi connectivity index (χ3v) is 13.0. The molecule has 4 amide bonds. The lowest BCUT2D eigenvalue weighted by molar-refractivity contribution is -0.138. The summed E-state index contributed by atoms with van der Waals surface area (Å²) in [5.74, 6) is 1.09. The molecule has 1 saturated carbocycles. The third-order valence-electron chi connectivity index (χ3n) is 13.0. The fourth-order valence-corrected chi connectivity index (χ4v) is 9.47. The number of ether oxygens (including phenoxy) is 2. The van der Waals surface area contributed by atoms with Gasteiger partial charge in [0.2, 0.25) is 17.7 Å². The summed E-state index contributed by atoms with van der Waals surface area (Å²) in [6, 6.07) is 16.0. The molecule has 0 bridgehead atoms. The van der Waals surface area contributed by atoms with Gasteiger partial charge < -0.3 is 39.9 Å². The number of fused-ring (bicyclic) bond motifs is 4. The molecule has 3 aliphatic rings. The van der Waals surface area contributed by atoms with E-state index in [-0.39, 0.29) is 54.0 Å². The molecule has 5 aromatic rings. The minimum Gasteiger partial charge on any atom is -0.453 e. The molecular formula is C51H61BN8O6. The van der Waals surface area contributed by atoms with Crippen molar-refractivity contribution in [1.29, 1.82) is 0 Å². The van der Waals surface area contributed by atoms with E-state index in [0.717, 1.165) is 87.0 Å². The van der Waals surface area contributed by atoms with Crippen molar-refractivity contribution < 1.29 is 28.7 Å². The van der Waals surface area contributed by atoms with Crippen LogP contribution in [-0.4, -0.2) is 101 Å². The molecule has 2 radical (unpaired) electrons. The van der Waals surface area contributed by atoms with E-state index in [9.17, 15) is 19.2 Å². The number of H-pyrrole nitrogens is 2. The first-order valence-electron chi connectivity index (χ1n) is 23.3. The number of rotatable bonds is 17. The van der Waals surface area contributed by atoms with Gasteiger partial charge in [0, 0.05) is 36.6 Å². The van der Waals surface area contributed by atoms with Crippen LogP contribution in [0.3, 0.4) is 0 Å². The molecule has 0 spiro atoms. The molecule has 15 heteroatoms. The van der Waals surface area contributed by atoms with Gasteiger partial charge in [-0.25, -0.2) is 14.8 Å². The van der Waals surface area contributed by atoms with Crippen molar-refractivity contribution in [3.05, 3.63) is 92.7 Å². The van der Waals surface area contributed by atoms with Crippen LogP contribution in [0.4, 0.5) is 4.79 Å². The Bertz CT molecular complexity index is 2840. The van der Waals surface area contributed by atoms with Crippen LogP contribution in [0.15, 0.2) is 54.6 Å². The molecule has 8 rings (SSSR count). The zero-order chi connectivity index (χ0) is 46.5. The number of carbonyl (C=O) groups excluding carboxylic acids is 4. The van der Waals surface area contributed by atoms with E-state index in [0.29, 0.717) is 37.7 Å². The summed E-state index contributed by atoms with van der Waals surface area (Å²) >= 11 is 0. The van der Waals surface area contributed by atoms with Crippen LogP contribution in [0.25, 0.3) is 46.4 Å². The number of amides is 4. The first kappa shape index (κ1) is 46.3. The van der Waals surface area contributed by atoms with Gasteiger partial charge in [0.25, 0.3) is 0 Å². The van der Waals surface area contributed by atoms with Crippen molar-refractivity contribution in [1.82, 2.24) is 40.4 Å². The Hall–Kier alpha value is -6.22. The molecule has 2 fully saturated rings. The minimum absolute atomic E-state index is 0.0394. The first-order valence-corrected chi connectivity index (χ1v) is 23.3. The van der Waals surface area contributed by atoms with Crippen LogP contribution in [-0.2, 0) is 30.4 Å². The minimum atomic E-state index is -0.812. The summed E-state index contributed by atoms with van der Waals surface area (Å²) in [6.07, 6.45) is 13.4. The smallest absolute Gasteiger partial charge is 0.407 e. The molecule has 3 heterocycles. The Kier molecular flexibility index (Phi) is 14.4. The summed E-state index contributed by atoms with van der Waals surface area (Å²) in [5, 5.41) is 9.96. The molecule has 1 saturated heterocycles. The molecule has 2 aromatic heterocycles. The monoisotopic (exact) mass is 892 g/mol. The lowest BCUT2D eigenvalue weighted by Gasteiger charge is -2.29. The highest BCUT2D eigenvalue weighted by Gasteiger charge is 2.38. The van der Waals surface area contributed by atoms with Gasteiger partial charge in [-0.05, 0) is 84.4 Å². The standard InChI is InChI=1S/C51H61BN8O6/c1-30(2)43(58-51(64)66-5)50(63)60-25-9-12-41(60)47-54-40-21-18-33(38(23-24-52)46(40)56-47)15-13-32-14-20-37-36(26-32)19-22-39-45(37)55-42(53-39)28-59(27-31(3)29-65-4)49(62)44(34-10-7-6-8-11-34)57-48(61)35-16-17-35/h6-8,10-11,15,18-23,26,30-32,35,41,43-44H,9,12-14,16-17,24-25,27-29H2,1-5H3,(H,53,55)(H,54,56)(H,57,61)(H,58,64)/b33-15-,38-23+/t31-,32?,41-,43-,44+/m0/s1. The largest absolute Gasteiger partial charge is 0.453 e. The molecular weight excluding hydrogens is 831 g/mol. The molecule has 2 aliphatic carbocycles. The topological polar surface area (TPSA) is 175 Å². The normalized spacial score (nSPS) is 19.0. The van der Waals surface area contributed by atoms with E-state index >= 15 is 0 Å². The van der Waals surface area contributed by atoms with E-state index < -0.39 is 18.2 Å². The van der Waals surface area contributed by atoms with Crippen LogP contribution in [0.2, 0.25) is 6.32 Å². The zero-order valence-corrected chi connectivity index (χ0v) is 38.6. The maximum absolute atomic E-state index is 14.5. The average molecular weight is 893 g/mol. The van der Waals surface area contributed by atoms with Crippen LogP contribution in [0.1, 0.15) is 88.6 Å². The Labute approximate surface area is 386 Å². The highest BCUT2D eigenvalue weighted by Crippen LogP contribution is 2.33. The summed E-state index contributed by atoms with van der Waals surface area (Å²) in [4.78, 5) is 74.2. The summed E-state index contributed by atoms with van der Waals surface area (Å²) in [5.41, 5.74) is 4.19. The van der Waals surface area contributed by atoms with E-state index in [1.54, 1.807) is 12.0 Å². The Balaban J connectivity index is 1.02. The summed E-state index contributed by atoms with van der Waals surface area (Å²) < 4.78 is 10.3. The molecule has 5 atom stereocenters.